The normalized spacial score (nSPS) is 12.9. The minimum atomic E-state index is 0.441. The number of furan rings is 1. The van der Waals surface area contributed by atoms with Crippen molar-refractivity contribution in [3.63, 3.8) is 0 Å². The molecule has 0 saturated heterocycles. The van der Waals surface area contributed by atoms with E-state index in [0.717, 1.165) is 27.9 Å². The summed E-state index contributed by atoms with van der Waals surface area (Å²) in [6.07, 6.45) is 1.06. The molecule has 0 radical (unpaired) electrons. The second-order valence-corrected chi connectivity index (χ2v) is 6.51. The third kappa shape index (κ3) is 3.95. The smallest absolute Gasteiger partial charge is 0.183 e. The average molecular weight is 379 g/mol. The Morgan fingerprint density at radius 2 is 2.29 bits per heavy atom. The molecule has 5 heteroatoms. The van der Waals surface area contributed by atoms with Gasteiger partial charge in [-0.1, -0.05) is 6.07 Å². The molecule has 2 aromatic rings. The van der Waals surface area contributed by atoms with Crippen LogP contribution in [0.5, 0.6) is 0 Å². The lowest BCUT2D eigenvalue weighted by Crippen LogP contribution is -2.27. The molecular weight excluding hydrogens is 366 g/mol. The SMILES string of the molecule is CC(Cc1cccs1)NCc1cc(Br)c(Br)o1. The molecule has 2 heterocycles. The Hall–Kier alpha value is -0.100. The van der Waals surface area contributed by atoms with Crippen LogP contribution in [0.2, 0.25) is 0 Å². The lowest BCUT2D eigenvalue weighted by Gasteiger charge is -2.11. The summed E-state index contributed by atoms with van der Waals surface area (Å²) in [5.41, 5.74) is 0. The summed E-state index contributed by atoms with van der Waals surface area (Å²) >= 11 is 8.54. The Morgan fingerprint density at radius 3 is 2.88 bits per heavy atom. The van der Waals surface area contributed by atoms with E-state index in [4.69, 9.17) is 4.42 Å². The number of rotatable bonds is 5. The number of halogens is 2. The van der Waals surface area contributed by atoms with Gasteiger partial charge in [0, 0.05) is 10.9 Å². The van der Waals surface area contributed by atoms with Crippen LogP contribution in [0.4, 0.5) is 0 Å². The highest BCUT2D eigenvalue weighted by atomic mass is 79.9. The maximum atomic E-state index is 5.51. The molecule has 0 aliphatic carbocycles. The third-order valence-electron chi connectivity index (χ3n) is 2.41. The molecule has 0 spiro atoms. The quantitative estimate of drug-likeness (QED) is 0.823. The van der Waals surface area contributed by atoms with E-state index in [1.54, 1.807) is 11.3 Å². The van der Waals surface area contributed by atoms with Gasteiger partial charge < -0.3 is 9.73 Å². The van der Waals surface area contributed by atoms with Crippen LogP contribution in [0.15, 0.2) is 37.1 Å². The molecule has 1 N–H and O–H groups in total. The molecule has 2 rings (SSSR count). The van der Waals surface area contributed by atoms with E-state index in [0.29, 0.717) is 6.04 Å². The first-order chi connectivity index (χ1) is 8.15. The Kier molecular flexibility index (Phi) is 4.85. The summed E-state index contributed by atoms with van der Waals surface area (Å²) in [6, 6.07) is 6.68. The molecule has 1 unspecified atom stereocenters. The molecule has 0 aromatic carbocycles. The van der Waals surface area contributed by atoms with Gasteiger partial charge in [0.05, 0.1) is 11.0 Å². The van der Waals surface area contributed by atoms with Crippen molar-refractivity contribution in [3.8, 4) is 0 Å². The third-order valence-corrected chi connectivity index (χ3v) is 5.02. The van der Waals surface area contributed by atoms with Crippen molar-refractivity contribution < 1.29 is 4.42 Å². The van der Waals surface area contributed by atoms with Gasteiger partial charge in [0.25, 0.3) is 0 Å². The predicted octanol–water partition coefficient (Wildman–Crippen LogP) is 4.59. The minimum absolute atomic E-state index is 0.441. The van der Waals surface area contributed by atoms with Crippen molar-refractivity contribution in [1.82, 2.24) is 5.32 Å². The number of nitrogens with one attached hydrogen (secondary N) is 1. The Labute approximate surface area is 122 Å². The molecule has 2 nitrogen and oxygen atoms in total. The van der Waals surface area contributed by atoms with Crippen LogP contribution in [-0.4, -0.2) is 6.04 Å². The summed E-state index contributed by atoms with van der Waals surface area (Å²) < 4.78 is 7.22. The minimum Gasteiger partial charge on any atom is -0.452 e. The molecule has 0 fully saturated rings. The second-order valence-electron chi connectivity index (χ2n) is 3.90. The van der Waals surface area contributed by atoms with Crippen molar-refractivity contribution in [1.29, 1.82) is 0 Å². The average Bonchev–Trinajstić information content (AvgIpc) is 2.87. The molecule has 1 atom stereocenters. The van der Waals surface area contributed by atoms with Crippen LogP contribution >= 0.6 is 43.2 Å². The van der Waals surface area contributed by atoms with Gasteiger partial charge in [-0.25, -0.2) is 0 Å². The highest BCUT2D eigenvalue weighted by molar-refractivity contribution is 9.13. The van der Waals surface area contributed by atoms with Gasteiger partial charge in [-0.05, 0) is 62.7 Å². The molecule has 0 aliphatic rings. The van der Waals surface area contributed by atoms with Gasteiger partial charge in [-0.2, -0.15) is 0 Å². The van der Waals surface area contributed by atoms with Crippen molar-refractivity contribution >= 4 is 43.2 Å². The van der Waals surface area contributed by atoms with E-state index >= 15 is 0 Å². The number of hydrogen-bond acceptors (Lipinski definition) is 3. The zero-order chi connectivity index (χ0) is 12.3. The fourth-order valence-corrected chi connectivity index (χ4v) is 3.05. The topological polar surface area (TPSA) is 25.2 Å². The first-order valence-corrected chi connectivity index (χ1v) is 7.81. The molecule has 2 aromatic heterocycles. The first-order valence-electron chi connectivity index (χ1n) is 5.34. The van der Waals surface area contributed by atoms with Crippen LogP contribution in [0.1, 0.15) is 17.6 Å². The highest BCUT2D eigenvalue weighted by Gasteiger charge is 2.08. The van der Waals surface area contributed by atoms with Crippen molar-refractivity contribution in [2.24, 2.45) is 0 Å². The fraction of sp³-hybridized carbons (Fsp3) is 0.333. The summed E-state index contributed by atoms with van der Waals surface area (Å²) in [7, 11) is 0. The van der Waals surface area contributed by atoms with Crippen LogP contribution in [0, 0.1) is 0 Å². The molecule has 17 heavy (non-hydrogen) atoms. The Bertz CT molecular complexity index is 447. The molecule has 0 amide bonds. The van der Waals surface area contributed by atoms with E-state index in [-0.39, 0.29) is 0 Å². The summed E-state index contributed by atoms with van der Waals surface area (Å²) in [6.45, 7) is 2.93. The van der Waals surface area contributed by atoms with Crippen LogP contribution in [-0.2, 0) is 13.0 Å². The van der Waals surface area contributed by atoms with E-state index in [1.807, 2.05) is 6.07 Å². The summed E-state index contributed by atoms with van der Waals surface area (Å²) in [5.74, 6) is 0.932. The molecule has 0 aliphatic heterocycles. The van der Waals surface area contributed by atoms with Crippen molar-refractivity contribution in [2.75, 3.05) is 0 Å². The number of hydrogen-bond donors (Lipinski definition) is 1. The van der Waals surface area contributed by atoms with Gasteiger partial charge in [-0.3, -0.25) is 0 Å². The monoisotopic (exact) mass is 377 g/mol. The van der Waals surface area contributed by atoms with E-state index < -0.39 is 0 Å². The predicted molar refractivity (Wildman–Crippen MR) is 78.4 cm³/mol. The van der Waals surface area contributed by atoms with Gasteiger partial charge >= 0.3 is 0 Å². The van der Waals surface area contributed by atoms with E-state index in [9.17, 15) is 0 Å². The van der Waals surface area contributed by atoms with Gasteiger partial charge in [0.2, 0.25) is 0 Å². The molecule has 0 bridgehead atoms. The standard InChI is InChI=1S/C12H13Br2NOS/c1-8(5-10-3-2-4-17-10)15-7-9-6-11(13)12(14)16-9/h2-4,6,8,15H,5,7H2,1H3. The summed E-state index contributed by atoms with van der Waals surface area (Å²) in [4.78, 5) is 1.41. The number of thiophene rings is 1. The lowest BCUT2D eigenvalue weighted by atomic mass is 10.2. The van der Waals surface area contributed by atoms with Crippen molar-refractivity contribution in [3.05, 3.63) is 43.4 Å². The molecule has 92 valence electrons. The zero-order valence-corrected chi connectivity index (χ0v) is 13.4. The Morgan fingerprint density at radius 1 is 1.47 bits per heavy atom. The molecular formula is C12H13Br2NOS. The largest absolute Gasteiger partial charge is 0.452 e. The maximum absolute atomic E-state index is 5.51. The van der Waals surface area contributed by atoms with E-state index in [2.05, 4.69) is 61.6 Å². The summed E-state index contributed by atoms with van der Waals surface area (Å²) in [5, 5.41) is 5.56. The van der Waals surface area contributed by atoms with Gasteiger partial charge in [0.1, 0.15) is 5.76 Å². The maximum Gasteiger partial charge on any atom is 0.183 e. The highest BCUT2D eigenvalue weighted by Crippen LogP contribution is 2.26. The molecule has 0 saturated carbocycles. The van der Waals surface area contributed by atoms with Gasteiger partial charge in [-0.15, -0.1) is 11.3 Å². The van der Waals surface area contributed by atoms with Crippen LogP contribution in [0.3, 0.4) is 0 Å². The zero-order valence-electron chi connectivity index (χ0n) is 9.37. The van der Waals surface area contributed by atoms with Crippen molar-refractivity contribution in [2.45, 2.75) is 25.9 Å². The van der Waals surface area contributed by atoms with Gasteiger partial charge in [0.15, 0.2) is 4.67 Å². The first kappa shape index (κ1) is 13.3. The fourth-order valence-electron chi connectivity index (χ4n) is 1.56. The lowest BCUT2D eigenvalue weighted by molar-refractivity contribution is 0.441. The second kappa shape index (κ2) is 6.18. The van der Waals surface area contributed by atoms with Crippen LogP contribution < -0.4 is 5.32 Å². The Balaban J connectivity index is 1.81. The van der Waals surface area contributed by atoms with Crippen LogP contribution in [0.25, 0.3) is 0 Å². The van der Waals surface area contributed by atoms with E-state index in [1.165, 1.54) is 4.88 Å².